The normalized spacial score (nSPS) is 16.3. The molecule has 0 N–H and O–H groups in total. The predicted molar refractivity (Wildman–Crippen MR) is 98.9 cm³/mol. The summed E-state index contributed by atoms with van der Waals surface area (Å²) in [6.45, 7) is 1.87. The van der Waals surface area contributed by atoms with Crippen LogP contribution in [0.4, 0.5) is 0 Å². The van der Waals surface area contributed by atoms with Crippen molar-refractivity contribution in [3.63, 3.8) is 0 Å². The minimum Gasteiger partial charge on any atom is -0.496 e. The number of hydrogen-bond donors (Lipinski definition) is 0. The summed E-state index contributed by atoms with van der Waals surface area (Å²) in [6.07, 6.45) is 6.35. The van der Waals surface area contributed by atoms with Gasteiger partial charge >= 0.3 is 0 Å². The van der Waals surface area contributed by atoms with Gasteiger partial charge in [-0.2, -0.15) is 0 Å². The first-order chi connectivity index (χ1) is 12.8. The molecule has 2 aromatic carbocycles. The van der Waals surface area contributed by atoms with Gasteiger partial charge in [-0.15, -0.1) is 0 Å². The van der Waals surface area contributed by atoms with Gasteiger partial charge in [-0.1, -0.05) is 42.5 Å². The van der Waals surface area contributed by atoms with Crippen molar-refractivity contribution in [3.05, 3.63) is 72.8 Å². The third kappa shape index (κ3) is 3.23. The van der Waals surface area contributed by atoms with Crippen molar-refractivity contribution in [1.82, 2.24) is 9.55 Å². The van der Waals surface area contributed by atoms with Gasteiger partial charge in [-0.05, 0) is 18.1 Å². The minimum atomic E-state index is -0.832. The van der Waals surface area contributed by atoms with Crippen LogP contribution < -0.4 is 4.74 Å². The third-order valence-electron chi connectivity index (χ3n) is 4.64. The van der Waals surface area contributed by atoms with E-state index in [0.717, 1.165) is 28.9 Å². The predicted octanol–water partition coefficient (Wildman–Crippen LogP) is 3.85. The van der Waals surface area contributed by atoms with E-state index in [2.05, 4.69) is 29.2 Å². The highest BCUT2D eigenvalue weighted by molar-refractivity contribution is 5.71. The van der Waals surface area contributed by atoms with Crippen molar-refractivity contribution >= 4 is 0 Å². The lowest BCUT2D eigenvalue weighted by Crippen LogP contribution is -2.41. The van der Waals surface area contributed by atoms with Gasteiger partial charge in [-0.25, -0.2) is 4.98 Å². The van der Waals surface area contributed by atoms with Crippen molar-refractivity contribution in [3.8, 4) is 16.9 Å². The molecule has 3 aromatic rings. The summed E-state index contributed by atoms with van der Waals surface area (Å²) in [6, 6.07) is 16.4. The molecule has 1 aliphatic rings. The molecule has 26 heavy (non-hydrogen) atoms. The number of nitrogens with zero attached hydrogens (tertiary/aromatic N) is 2. The Hall–Kier alpha value is -2.63. The zero-order chi connectivity index (χ0) is 17.8. The molecule has 0 atom stereocenters. The molecule has 0 unspecified atom stereocenters. The molecule has 0 amide bonds. The fraction of sp³-hybridized carbons (Fsp3) is 0.286. The van der Waals surface area contributed by atoms with Crippen LogP contribution in [0.5, 0.6) is 5.75 Å². The quantitative estimate of drug-likeness (QED) is 0.701. The summed E-state index contributed by atoms with van der Waals surface area (Å²) in [7, 11) is 1.69. The maximum atomic E-state index is 6.14. The fourth-order valence-corrected chi connectivity index (χ4v) is 3.33. The molecule has 0 radical (unpaired) electrons. The second kappa shape index (κ2) is 7.32. The molecular formula is C21H22N2O3. The van der Waals surface area contributed by atoms with E-state index in [9.17, 15) is 0 Å². The summed E-state index contributed by atoms with van der Waals surface area (Å²) in [5.74, 6) is -0.0296. The van der Waals surface area contributed by atoms with E-state index in [1.54, 1.807) is 19.6 Å². The van der Waals surface area contributed by atoms with Gasteiger partial charge in [0.05, 0.1) is 33.2 Å². The summed E-state index contributed by atoms with van der Waals surface area (Å²) < 4.78 is 19.9. The number of ether oxygens (including phenoxy) is 3. The van der Waals surface area contributed by atoms with E-state index >= 15 is 0 Å². The number of methoxy groups -OCH3 is 1. The molecule has 1 saturated heterocycles. The summed E-state index contributed by atoms with van der Waals surface area (Å²) in [5.41, 5.74) is 3.11. The molecule has 4 rings (SSSR count). The van der Waals surface area contributed by atoms with E-state index in [0.29, 0.717) is 19.8 Å². The lowest BCUT2D eigenvalue weighted by Gasteiger charge is -2.38. The highest BCUT2D eigenvalue weighted by Crippen LogP contribution is 2.38. The van der Waals surface area contributed by atoms with Crippen LogP contribution in [0.2, 0.25) is 0 Å². The second-order valence-corrected chi connectivity index (χ2v) is 6.32. The van der Waals surface area contributed by atoms with Crippen LogP contribution in [0.15, 0.2) is 67.3 Å². The number of imidazole rings is 1. The lowest BCUT2D eigenvalue weighted by atomic mass is 9.98. The smallest absolute Gasteiger partial charge is 0.213 e. The Morgan fingerprint density at radius 3 is 2.62 bits per heavy atom. The van der Waals surface area contributed by atoms with Crippen molar-refractivity contribution in [1.29, 1.82) is 0 Å². The second-order valence-electron chi connectivity index (χ2n) is 6.32. The highest BCUT2D eigenvalue weighted by Gasteiger charge is 2.38. The van der Waals surface area contributed by atoms with Gasteiger partial charge in [0, 0.05) is 23.5 Å². The molecule has 0 aliphatic carbocycles. The van der Waals surface area contributed by atoms with E-state index < -0.39 is 5.79 Å². The molecule has 1 aliphatic heterocycles. The molecule has 5 nitrogen and oxygen atoms in total. The number of benzene rings is 2. The lowest BCUT2D eigenvalue weighted by molar-refractivity contribution is -0.283. The van der Waals surface area contributed by atoms with Crippen molar-refractivity contribution in [2.45, 2.75) is 18.8 Å². The SMILES string of the molecule is COc1cc(C2(Cn3ccnc3)OCCCO2)ccc1-c1ccccc1. The number of aromatic nitrogens is 2. The maximum absolute atomic E-state index is 6.14. The summed E-state index contributed by atoms with van der Waals surface area (Å²) in [4.78, 5) is 4.13. The molecule has 5 heteroatoms. The molecule has 134 valence electrons. The first kappa shape index (κ1) is 16.8. The van der Waals surface area contributed by atoms with Gasteiger partial charge in [0.1, 0.15) is 5.75 Å². The van der Waals surface area contributed by atoms with Crippen LogP contribution in [0.3, 0.4) is 0 Å². The Balaban J connectivity index is 1.74. The average molecular weight is 350 g/mol. The Morgan fingerprint density at radius 2 is 1.92 bits per heavy atom. The van der Waals surface area contributed by atoms with Gasteiger partial charge in [-0.3, -0.25) is 0 Å². The monoisotopic (exact) mass is 350 g/mol. The van der Waals surface area contributed by atoms with E-state index in [-0.39, 0.29) is 0 Å². The summed E-state index contributed by atoms with van der Waals surface area (Å²) >= 11 is 0. The van der Waals surface area contributed by atoms with Crippen LogP contribution in [0, 0.1) is 0 Å². The fourth-order valence-electron chi connectivity index (χ4n) is 3.33. The zero-order valence-electron chi connectivity index (χ0n) is 14.8. The van der Waals surface area contributed by atoms with E-state index in [1.807, 2.05) is 35.0 Å². The zero-order valence-corrected chi connectivity index (χ0v) is 14.8. The number of rotatable bonds is 5. The van der Waals surface area contributed by atoms with Crippen LogP contribution >= 0.6 is 0 Å². The van der Waals surface area contributed by atoms with Crippen molar-refractivity contribution in [2.24, 2.45) is 0 Å². The average Bonchev–Trinajstić information content (AvgIpc) is 3.21. The van der Waals surface area contributed by atoms with Crippen LogP contribution in [-0.2, 0) is 21.8 Å². The molecule has 2 heterocycles. The van der Waals surface area contributed by atoms with E-state index in [4.69, 9.17) is 14.2 Å². The topological polar surface area (TPSA) is 45.5 Å². The maximum Gasteiger partial charge on any atom is 0.213 e. The molecular weight excluding hydrogens is 328 g/mol. The Kier molecular flexibility index (Phi) is 4.73. The Bertz CT molecular complexity index is 841. The largest absolute Gasteiger partial charge is 0.496 e. The number of hydrogen-bond acceptors (Lipinski definition) is 4. The Labute approximate surface area is 153 Å². The Morgan fingerprint density at radius 1 is 1.12 bits per heavy atom. The standard InChI is InChI=1S/C21H22N2O3/c1-24-20-14-18(8-9-19(20)17-6-3-2-4-7-17)21(25-12-5-13-26-21)15-23-11-10-22-16-23/h2-4,6-11,14,16H,5,12-13,15H2,1H3. The molecule has 0 spiro atoms. The molecule has 1 fully saturated rings. The molecule has 0 bridgehead atoms. The summed E-state index contributed by atoms with van der Waals surface area (Å²) in [5, 5.41) is 0. The minimum absolute atomic E-state index is 0.542. The molecule has 1 aromatic heterocycles. The first-order valence-corrected chi connectivity index (χ1v) is 8.78. The van der Waals surface area contributed by atoms with Crippen LogP contribution in [0.1, 0.15) is 12.0 Å². The van der Waals surface area contributed by atoms with Crippen molar-refractivity contribution < 1.29 is 14.2 Å². The first-order valence-electron chi connectivity index (χ1n) is 8.78. The van der Waals surface area contributed by atoms with Gasteiger partial charge in [0.25, 0.3) is 0 Å². The van der Waals surface area contributed by atoms with Gasteiger partial charge < -0.3 is 18.8 Å². The third-order valence-corrected chi connectivity index (χ3v) is 4.64. The highest BCUT2D eigenvalue weighted by atomic mass is 16.7. The van der Waals surface area contributed by atoms with Crippen LogP contribution in [-0.4, -0.2) is 29.9 Å². The van der Waals surface area contributed by atoms with Gasteiger partial charge in [0.2, 0.25) is 5.79 Å². The van der Waals surface area contributed by atoms with Crippen LogP contribution in [0.25, 0.3) is 11.1 Å². The van der Waals surface area contributed by atoms with Crippen molar-refractivity contribution in [2.75, 3.05) is 20.3 Å². The van der Waals surface area contributed by atoms with E-state index in [1.165, 1.54) is 0 Å². The van der Waals surface area contributed by atoms with Gasteiger partial charge in [0.15, 0.2) is 0 Å². The molecule has 0 saturated carbocycles.